The number of urea groups is 1. The fraction of sp³-hybridized carbons (Fsp3) is 0.588. The molecule has 2 heterocycles. The summed E-state index contributed by atoms with van der Waals surface area (Å²) >= 11 is 0. The van der Waals surface area contributed by atoms with Gasteiger partial charge in [-0.3, -0.25) is 5.32 Å². The van der Waals surface area contributed by atoms with Crippen molar-refractivity contribution in [3.63, 3.8) is 0 Å². The van der Waals surface area contributed by atoms with Crippen LogP contribution in [0.4, 0.5) is 10.6 Å². The van der Waals surface area contributed by atoms with Gasteiger partial charge in [-0.25, -0.2) is 9.48 Å². The molecule has 1 saturated carbocycles. The first-order chi connectivity index (χ1) is 11.6. The zero-order valence-corrected chi connectivity index (χ0v) is 14.3. The Balaban J connectivity index is 1.54. The van der Waals surface area contributed by atoms with Gasteiger partial charge in [0, 0.05) is 12.1 Å². The number of aromatic nitrogens is 3. The van der Waals surface area contributed by atoms with Crippen LogP contribution in [0.25, 0.3) is 0 Å². The summed E-state index contributed by atoms with van der Waals surface area (Å²) in [6.07, 6.45) is 7.70. The Morgan fingerprint density at radius 2 is 2.17 bits per heavy atom. The van der Waals surface area contributed by atoms with Gasteiger partial charge in [-0.2, -0.15) is 5.10 Å². The Labute approximate surface area is 141 Å². The fourth-order valence-corrected chi connectivity index (χ4v) is 3.04. The molecule has 0 bridgehead atoms. The standard InChI is InChI=1S/C17H25N5O2/c1-12(2)15-10-14(24-21-15)11-18-17(23)20-16-8-9-19-22(16)13-6-4-3-5-7-13/h8-10,12-13H,3-7,11H2,1-2H3,(H2,18,20,23). The number of hydrogen-bond acceptors (Lipinski definition) is 4. The number of nitrogens with zero attached hydrogens (tertiary/aromatic N) is 3. The van der Waals surface area contributed by atoms with E-state index in [1.165, 1.54) is 19.3 Å². The quantitative estimate of drug-likeness (QED) is 0.872. The molecule has 2 aromatic heterocycles. The summed E-state index contributed by atoms with van der Waals surface area (Å²) < 4.78 is 7.15. The van der Waals surface area contributed by atoms with Gasteiger partial charge in [0.25, 0.3) is 0 Å². The van der Waals surface area contributed by atoms with Crippen LogP contribution in [-0.2, 0) is 6.54 Å². The van der Waals surface area contributed by atoms with Crippen molar-refractivity contribution in [3.05, 3.63) is 29.8 Å². The number of nitrogens with one attached hydrogen (secondary N) is 2. The molecule has 1 aliphatic carbocycles. The van der Waals surface area contributed by atoms with Gasteiger partial charge in [-0.05, 0) is 18.8 Å². The predicted octanol–water partition coefficient (Wildman–Crippen LogP) is 3.82. The highest BCUT2D eigenvalue weighted by Gasteiger charge is 2.19. The van der Waals surface area contributed by atoms with Crippen molar-refractivity contribution in [1.29, 1.82) is 0 Å². The lowest BCUT2D eigenvalue weighted by Gasteiger charge is -2.23. The first-order valence-electron chi connectivity index (χ1n) is 8.67. The maximum Gasteiger partial charge on any atom is 0.320 e. The molecule has 24 heavy (non-hydrogen) atoms. The van der Waals surface area contributed by atoms with Crippen molar-refractivity contribution in [2.45, 2.75) is 64.5 Å². The molecule has 0 saturated heterocycles. The minimum atomic E-state index is -0.268. The zero-order chi connectivity index (χ0) is 16.9. The van der Waals surface area contributed by atoms with E-state index in [0.29, 0.717) is 24.3 Å². The van der Waals surface area contributed by atoms with Crippen LogP contribution >= 0.6 is 0 Å². The second-order valence-corrected chi connectivity index (χ2v) is 6.63. The average molecular weight is 331 g/mol. The number of amides is 2. The number of hydrogen-bond donors (Lipinski definition) is 2. The number of carbonyl (C=O) groups excluding carboxylic acids is 1. The molecule has 0 aromatic carbocycles. The predicted molar refractivity (Wildman–Crippen MR) is 90.8 cm³/mol. The third-order valence-electron chi connectivity index (χ3n) is 4.42. The second kappa shape index (κ2) is 7.51. The van der Waals surface area contributed by atoms with Gasteiger partial charge in [0.15, 0.2) is 5.76 Å². The van der Waals surface area contributed by atoms with Crippen LogP contribution in [0.2, 0.25) is 0 Å². The normalized spacial score (nSPS) is 15.6. The highest BCUT2D eigenvalue weighted by molar-refractivity contribution is 5.88. The van der Waals surface area contributed by atoms with Crippen LogP contribution < -0.4 is 10.6 Å². The highest BCUT2D eigenvalue weighted by Crippen LogP contribution is 2.29. The first-order valence-corrected chi connectivity index (χ1v) is 8.67. The summed E-state index contributed by atoms with van der Waals surface area (Å²) in [5, 5.41) is 14.0. The molecule has 2 aromatic rings. The summed E-state index contributed by atoms with van der Waals surface area (Å²) in [5.74, 6) is 1.69. The molecule has 7 nitrogen and oxygen atoms in total. The molecule has 0 spiro atoms. The lowest BCUT2D eigenvalue weighted by atomic mass is 9.96. The Hall–Kier alpha value is -2.31. The molecule has 3 rings (SSSR count). The summed E-state index contributed by atoms with van der Waals surface area (Å²) in [4.78, 5) is 12.1. The molecule has 1 aliphatic rings. The second-order valence-electron chi connectivity index (χ2n) is 6.63. The molecule has 7 heteroatoms. The average Bonchev–Trinajstić information content (AvgIpc) is 3.23. The van der Waals surface area contributed by atoms with E-state index in [9.17, 15) is 4.79 Å². The largest absolute Gasteiger partial charge is 0.359 e. The Morgan fingerprint density at radius 3 is 2.88 bits per heavy atom. The van der Waals surface area contributed by atoms with Crippen molar-refractivity contribution in [2.24, 2.45) is 0 Å². The number of carbonyl (C=O) groups is 1. The van der Waals surface area contributed by atoms with E-state index in [4.69, 9.17) is 4.52 Å². The zero-order valence-electron chi connectivity index (χ0n) is 14.3. The lowest BCUT2D eigenvalue weighted by molar-refractivity contribution is 0.249. The minimum absolute atomic E-state index is 0.268. The van der Waals surface area contributed by atoms with E-state index < -0.39 is 0 Å². The van der Waals surface area contributed by atoms with Crippen molar-refractivity contribution in [2.75, 3.05) is 5.32 Å². The Kier molecular flexibility index (Phi) is 5.17. The highest BCUT2D eigenvalue weighted by atomic mass is 16.5. The number of anilines is 1. The molecule has 130 valence electrons. The van der Waals surface area contributed by atoms with Gasteiger partial charge in [0.05, 0.1) is 24.5 Å². The molecule has 0 atom stereocenters. The van der Waals surface area contributed by atoms with Gasteiger partial charge in [0.2, 0.25) is 0 Å². The van der Waals surface area contributed by atoms with E-state index in [0.717, 1.165) is 24.4 Å². The summed E-state index contributed by atoms with van der Waals surface area (Å²) in [6.45, 7) is 4.41. The molecular weight excluding hydrogens is 306 g/mol. The Bertz CT molecular complexity index is 670. The number of rotatable bonds is 5. The van der Waals surface area contributed by atoms with Gasteiger partial charge < -0.3 is 9.84 Å². The minimum Gasteiger partial charge on any atom is -0.359 e. The van der Waals surface area contributed by atoms with Gasteiger partial charge in [0.1, 0.15) is 5.82 Å². The van der Waals surface area contributed by atoms with Gasteiger partial charge in [-0.15, -0.1) is 0 Å². The van der Waals surface area contributed by atoms with Crippen LogP contribution in [0.1, 0.15) is 69.4 Å². The monoisotopic (exact) mass is 331 g/mol. The molecular formula is C17H25N5O2. The fourth-order valence-electron chi connectivity index (χ4n) is 3.04. The third-order valence-corrected chi connectivity index (χ3v) is 4.42. The summed E-state index contributed by atoms with van der Waals surface area (Å²) in [7, 11) is 0. The van der Waals surface area contributed by atoms with Crippen molar-refractivity contribution in [3.8, 4) is 0 Å². The van der Waals surface area contributed by atoms with E-state index in [1.807, 2.05) is 30.7 Å². The maximum absolute atomic E-state index is 12.1. The van der Waals surface area contributed by atoms with Crippen molar-refractivity contribution < 1.29 is 9.32 Å². The van der Waals surface area contributed by atoms with E-state index >= 15 is 0 Å². The molecule has 0 radical (unpaired) electrons. The van der Waals surface area contributed by atoms with Crippen LogP contribution in [0.5, 0.6) is 0 Å². The molecule has 0 unspecified atom stereocenters. The SMILES string of the molecule is CC(C)c1cc(CNC(=O)Nc2ccnn2C2CCCCC2)on1. The maximum atomic E-state index is 12.1. The topological polar surface area (TPSA) is 85.0 Å². The molecule has 0 aliphatic heterocycles. The van der Waals surface area contributed by atoms with Crippen LogP contribution in [0.15, 0.2) is 22.9 Å². The van der Waals surface area contributed by atoms with Crippen LogP contribution in [-0.4, -0.2) is 21.0 Å². The third kappa shape index (κ3) is 3.96. The Morgan fingerprint density at radius 1 is 1.38 bits per heavy atom. The molecule has 2 amide bonds. The van der Waals surface area contributed by atoms with Crippen LogP contribution in [0.3, 0.4) is 0 Å². The van der Waals surface area contributed by atoms with E-state index in [1.54, 1.807) is 6.20 Å². The van der Waals surface area contributed by atoms with E-state index in [2.05, 4.69) is 20.9 Å². The van der Waals surface area contributed by atoms with Crippen LogP contribution in [0, 0.1) is 0 Å². The van der Waals surface area contributed by atoms with Crippen molar-refractivity contribution >= 4 is 11.8 Å². The van der Waals surface area contributed by atoms with E-state index in [-0.39, 0.29) is 6.03 Å². The summed E-state index contributed by atoms with van der Waals surface area (Å²) in [5.41, 5.74) is 0.891. The van der Waals surface area contributed by atoms with Crippen molar-refractivity contribution in [1.82, 2.24) is 20.3 Å². The smallest absolute Gasteiger partial charge is 0.320 e. The van der Waals surface area contributed by atoms with Gasteiger partial charge in [-0.1, -0.05) is 38.3 Å². The summed E-state index contributed by atoms with van der Waals surface area (Å²) in [6, 6.07) is 3.82. The molecule has 1 fully saturated rings. The molecule has 2 N–H and O–H groups in total. The lowest BCUT2D eigenvalue weighted by Crippen LogP contribution is -2.29. The first kappa shape index (κ1) is 16.5. The van der Waals surface area contributed by atoms with Gasteiger partial charge >= 0.3 is 6.03 Å².